The summed E-state index contributed by atoms with van der Waals surface area (Å²) in [5.41, 5.74) is 10.7. The van der Waals surface area contributed by atoms with Gasteiger partial charge in [0.25, 0.3) is 0 Å². The molecule has 0 N–H and O–H groups in total. The van der Waals surface area contributed by atoms with Crippen LogP contribution in [0.3, 0.4) is 0 Å². The second-order valence-electron chi connectivity index (χ2n) is 6.15. The van der Waals surface area contributed by atoms with Crippen molar-refractivity contribution in [3.05, 3.63) is 76.9 Å². The average Bonchev–Trinajstić information content (AvgIpc) is 3.12. The Labute approximate surface area is 193 Å². The van der Waals surface area contributed by atoms with Gasteiger partial charge in [-0.1, -0.05) is 0 Å². The van der Waals surface area contributed by atoms with E-state index < -0.39 is 0 Å². The van der Waals surface area contributed by atoms with Crippen LogP contribution in [0.15, 0.2) is 60.2 Å². The van der Waals surface area contributed by atoms with Gasteiger partial charge in [0.2, 0.25) is 0 Å². The monoisotopic (exact) mass is 705 g/mol. The van der Waals surface area contributed by atoms with Gasteiger partial charge >= 0.3 is 148 Å². The van der Waals surface area contributed by atoms with Crippen LogP contribution in [0.4, 0.5) is 0 Å². The Morgan fingerprint density at radius 3 is 2.46 bits per heavy atom. The van der Waals surface area contributed by atoms with Gasteiger partial charge in [0, 0.05) is 0 Å². The first-order valence-electron chi connectivity index (χ1n) is 8.13. The molecule has 0 radical (unpaired) electrons. The summed E-state index contributed by atoms with van der Waals surface area (Å²) in [4.78, 5) is 0. The van der Waals surface area contributed by atoms with E-state index in [4.69, 9.17) is 0 Å². The fourth-order valence-corrected chi connectivity index (χ4v) is 5.88. The van der Waals surface area contributed by atoms with E-state index in [0.717, 1.165) is 6.42 Å². The van der Waals surface area contributed by atoms with E-state index in [1.165, 1.54) is 53.9 Å². The van der Waals surface area contributed by atoms with Crippen molar-refractivity contribution < 1.29 is 72.3 Å². The number of allylic oxidation sites excluding steroid dienone is 4. The van der Waals surface area contributed by atoms with Gasteiger partial charge in [0.15, 0.2) is 0 Å². The van der Waals surface area contributed by atoms with Crippen molar-refractivity contribution in [1.82, 2.24) is 0 Å². The Hall–Kier alpha value is 0.250. The summed E-state index contributed by atoms with van der Waals surface area (Å²) in [6.07, 6.45) is 8.22. The van der Waals surface area contributed by atoms with Crippen molar-refractivity contribution in [2.75, 3.05) is 0 Å². The van der Waals surface area contributed by atoms with Crippen LogP contribution >= 0.6 is 0 Å². The summed E-state index contributed by atoms with van der Waals surface area (Å²) in [5.74, 6) is 0. The zero-order valence-electron chi connectivity index (χ0n) is 13.7. The normalized spacial score (nSPS) is 17.2. The Bertz CT molecular complexity index is 805. The first kappa shape index (κ1) is 20.6. The van der Waals surface area contributed by atoms with Crippen LogP contribution in [0.2, 0.25) is 0 Å². The number of hydrogen-bond acceptors (Lipinski definition) is 0. The molecule has 0 aliphatic heterocycles. The van der Waals surface area contributed by atoms with E-state index in [1.807, 2.05) is 0 Å². The molecule has 2 aliphatic carbocycles. The summed E-state index contributed by atoms with van der Waals surface area (Å²) in [7, 11) is 0. The third-order valence-corrected chi connectivity index (χ3v) is 6.98. The third kappa shape index (κ3) is 3.41. The maximum Gasteiger partial charge on any atom is -1.00 e. The average molecular weight is 704 g/mol. The van der Waals surface area contributed by atoms with E-state index in [9.17, 15) is 0 Å². The number of benzene rings is 2. The van der Waals surface area contributed by atoms with E-state index >= 15 is 0 Å². The molecule has 0 amide bonds. The molecule has 2 aromatic carbocycles. The van der Waals surface area contributed by atoms with E-state index in [-0.39, 0.29) is 48.0 Å². The van der Waals surface area contributed by atoms with Gasteiger partial charge in [-0.3, -0.25) is 0 Å². The number of fused-ring (bicyclic) bond motifs is 3. The molecular weight excluding hydrogens is 685 g/mol. The van der Waals surface area contributed by atoms with Crippen molar-refractivity contribution in [1.29, 1.82) is 0 Å². The molecule has 2 aromatic rings. The van der Waals surface area contributed by atoms with Crippen molar-refractivity contribution >= 4 is 5.57 Å². The molecule has 1 unspecified atom stereocenters. The van der Waals surface area contributed by atoms with Crippen LogP contribution in [-0.2, 0) is 24.4 Å². The summed E-state index contributed by atoms with van der Waals surface area (Å²) in [6, 6.07) is 15.9. The second kappa shape index (κ2) is 8.76. The van der Waals surface area contributed by atoms with Crippen LogP contribution in [0, 0.1) is 0 Å². The molecule has 4 rings (SSSR count). The molecule has 0 nitrogen and oxygen atoms in total. The minimum atomic E-state index is 0. The van der Waals surface area contributed by atoms with Gasteiger partial charge in [0.1, 0.15) is 0 Å². The zero-order valence-corrected chi connectivity index (χ0v) is 21.6. The van der Waals surface area contributed by atoms with E-state index in [0.29, 0.717) is 3.67 Å². The van der Waals surface area contributed by atoms with Gasteiger partial charge < -0.3 is 48.0 Å². The van der Waals surface area contributed by atoms with E-state index in [2.05, 4.69) is 61.5 Å². The van der Waals surface area contributed by atoms with Crippen LogP contribution in [0.25, 0.3) is 16.7 Å². The van der Waals surface area contributed by atoms with Gasteiger partial charge in [-0.05, 0) is 0 Å². The number of halogens is 2. The van der Waals surface area contributed by atoms with Crippen molar-refractivity contribution in [3.8, 4) is 11.1 Å². The predicted molar refractivity (Wildman–Crippen MR) is 89.3 cm³/mol. The Balaban J connectivity index is 0.00000104. The second-order valence-corrected chi connectivity index (χ2v) is 8.22. The molecular formula is C21H19HfI2. The fourth-order valence-electron chi connectivity index (χ4n) is 3.86. The minimum Gasteiger partial charge on any atom is -1.00 e. The molecule has 0 saturated carbocycles. The van der Waals surface area contributed by atoms with Crippen molar-refractivity contribution in [2.45, 2.75) is 29.9 Å². The van der Waals surface area contributed by atoms with Gasteiger partial charge in [-0.15, -0.1) is 0 Å². The molecule has 0 bridgehead atoms. The molecule has 0 fully saturated rings. The first-order valence-corrected chi connectivity index (χ1v) is 10.2. The molecule has 0 aromatic heterocycles. The SMILES string of the molecule is CCCC1=C(c2cccc3c2[CH]([Hf+2])c2ccccc2-3)CC=C1.[I-].[I-]. The minimum absolute atomic E-state index is 0. The molecule has 3 heteroatoms. The first-order chi connectivity index (χ1) is 10.8. The molecule has 121 valence electrons. The Morgan fingerprint density at radius 1 is 0.958 bits per heavy atom. The molecule has 1 atom stereocenters. The summed E-state index contributed by atoms with van der Waals surface area (Å²) in [6.45, 7) is 2.28. The molecule has 0 saturated heterocycles. The van der Waals surface area contributed by atoms with Crippen molar-refractivity contribution in [3.63, 3.8) is 0 Å². The Morgan fingerprint density at radius 2 is 1.67 bits per heavy atom. The van der Waals surface area contributed by atoms with E-state index in [1.54, 1.807) is 22.3 Å². The maximum atomic E-state index is 2.35. The third-order valence-electron chi connectivity index (χ3n) is 4.83. The van der Waals surface area contributed by atoms with Gasteiger partial charge in [-0.25, -0.2) is 0 Å². The quantitative estimate of drug-likeness (QED) is 0.308. The fraction of sp³-hybridized carbons (Fsp3) is 0.238. The standard InChI is InChI=1S/C21H19.Hf.2HI/c1-2-7-15-9-5-11-17(15)19-12-6-13-20-18-10-4-3-8-16(18)14-21(19)20;;;/h3-6,8-10,12-14H,2,7,11H2,1H3;;2*1H/q;+2;;/p-2. The number of rotatable bonds is 3. The van der Waals surface area contributed by atoms with Crippen molar-refractivity contribution in [2.24, 2.45) is 0 Å². The summed E-state index contributed by atoms with van der Waals surface area (Å²) >= 11 is 1.18. The zero-order chi connectivity index (χ0) is 15.1. The maximum absolute atomic E-state index is 2.35. The van der Waals surface area contributed by atoms with Crippen LogP contribution in [0.5, 0.6) is 0 Å². The topological polar surface area (TPSA) is 0 Å². The number of hydrogen-bond donors (Lipinski definition) is 0. The molecule has 0 spiro atoms. The van der Waals surface area contributed by atoms with Crippen LogP contribution in [0.1, 0.15) is 46.6 Å². The molecule has 0 heterocycles. The molecule has 2 aliphatic rings. The predicted octanol–water partition coefficient (Wildman–Crippen LogP) is -0.175. The van der Waals surface area contributed by atoms with Gasteiger partial charge in [-0.2, -0.15) is 0 Å². The summed E-state index contributed by atoms with van der Waals surface area (Å²) in [5, 5.41) is 0. The van der Waals surface area contributed by atoms with Crippen LogP contribution < -0.4 is 48.0 Å². The largest absolute Gasteiger partial charge is 1.00 e. The summed E-state index contributed by atoms with van der Waals surface area (Å²) < 4.78 is 0.637. The van der Waals surface area contributed by atoms with Crippen LogP contribution in [-0.4, -0.2) is 0 Å². The van der Waals surface area contributed by atoms with Gasteiger partial charge in [0.05, 0.1) is 0 Å². The Kier molecular flexibility index (Phi) is 7.50. The smallest absolute Gasteiger partial charge is 1.00 e. The molecule has 24 heavy (non-hydrogen) atoms.